The summed E-state index contributed by atoms with van der Waals surface area (Å²) < 4.78 is 1.60. The fraction of sp³-hybridized carbons (Fsp3) is 0.556. The van der Waals surface area contributed by atoms with Crippen molar-refractivity contribution in [2.75, 3.05) is 38.0 Å². The van der Waals surface area contributed by atoms with E-state index in [1.54, 1.807) is 21.8 Å². The summed E-state index contributed by atoms with van der Waals surface area (Å²) in [7, 11) is 0. The molecule has 0 saturated carbocycles. The minimum Gasteiger partial charge on any atom is -0.322 e. The number of aryl methyl sites for hydroxylation is 2. The second kappa shape index (κ2) is 8.18. The molecule has 0 unspecified atom stereocenters. The van der Waals surface area contributed by atoms with E-state index >= 15 is 0 Å². The van der Waals surface area contributed by atoms with Gasteiger partial charge < -0.3 is 4.90 Å². The first kappa shape index (κ1) is 18.1. The number of piperazine rings is 1. The standard InChI is InChI=1S/C18H24N6O2S/c25-16-13-14-3-1-2-4-15(14)21-24(16)11-8-22-6-9-23(10-7-22)18(26)20-17-19-5-12-27-17/h5,12-13H,1-4,6-11H2,(H,19,20,26). The highest BCUT2D eigenvalue weighted by atomic mass is 32.1. The lowest BCUT2D eigenvalue weighted by Gasteiger charge is -2.34. The maximum atomic E-state index is 12.3. The molecular weight excluding hydrogens is 364 g/mol. The van der Waals surface area contributed by atoms with E-state index < -0.39 is 0 Å². The zero-order valence-electron chi connectivity index (χ0n) is 15.3. The van der Waals surface area contributed by atoms with Crippen LogP contribution >= 0.6 is 11.3 Å². The van der Waals surface area contributed by atoms with Crippen LogP contribution in [0.4, 0.5) is 9.93 Å². The molecule has 9 heteroatoms. The largest absolute Gasteiger partial charge is 0.323 e. The van der Waals surface area contributed by atoms with Crippen LogP contribution in [0.5, 0.6) is 0 Å². The van der Waals surface area contributed by atoms with Gasteiger partial charge in [0.05, 0.1) is 12.2 Å². The number of nitrogens with one attached hydrogen (secondary N) is 1. The Balaban J connectivity index is 1.27. The van der Waals surface area contributed by atoms with E-state index in [1.165, 1.54) is 11.3 Å². The summed E-state index contributed by atoms with van der Waals surface area (Å²) in [6, 6.07) is 1.67. The summed E-state index contributed by atoms with van der Waals surface area (Å²) in [5.74, 6) is 0. The molecule has 2 aliphatic rings. The van der Waals surface area contributed by atoms with E-state index in [-0.39, 0.29) is 11.6 Å². The molecule has 2 aromatic rings. The number of nitrogens with zero attached hydrogens (tertiary/aromatic N) is 5. The molecule has 0 aromatic carbocycles. The van der Waals surface area contributed by atoms with E-state index in [0.29, 0.717) is 24.8 Å². The van der Waals surface area contributed by atoms with E-state index in [0.717, 1.165) is 56.6 Å². The Bertz CT molecular complexity index is 842. The van der Waals surface area contributed by atoms with Gasteiger partial charge in [0.2, 0.25) is 0 Å². The summed E-state index contributed by atoms with van der Waals surface area (Å²) in [6.07, 6.45) is 5.93. The van der Waals surface area contributed by atoms with Crippen molar-refractivity contribution >= 4 is 22.5 Å². The molecule has 0 bridgehead atoms. The van der Waals surface area contributed by atoms with Crippen LogP contribution in [0.25, 0.3) is 0 Å². The number of hydrogen-bond donors (Lipinski definition) is 1. The highest BCUT2D eigenvalue weighted by molar-refractivity contribution is 7.13. The number of fused-ring (bicyclic) bond motifs is 1. The number of aromatic nitrogens is 3. The van der Waals surface area contributed by atoms with Crippen LogP contribution in [0, 0.1) is 0 Å². The average Bonchev–Trinajstić information content (AvgIpc) is 3.19. The van der Waals surface area contributed by atoms with Gasteiger partial charge in [-0.25, -0.2) is 14.5 Å². The predicted octanol–water partition coefficient (Wildman–Crippen LogP) is 1.43. The summed E-state index contributed by atoms with van der Waals surface area (Å²) in [6.45, 7) is 4.30. The van der Waals surface area contributed by atoms with Crippen molar-refractivity contribution in [3.05, 3.63) is 39.3 Å². The summed E-state index contributed by atoms with van der Waals surface area (Å²) in [5.41, 5.74) is 2.21. The van der Waals surface area contributed by atoms with Gasteiger partial charge in [-0.05, 0) is 31.2 Å². The van der Waals surface area contributed by atoms with Gasteiger partial charge in [-0.2, -0.15) is 5.10 Å². The predicted molar refractivity (Wildman–Crippen MR) is 104 cm³/mol. The number of amides is 2. The van der Waals surface area contributed by atoms with Gasteiger partial charge in [0, 0.05) is 50.4 Å². The summed E-state index contributed by atoms with van der Waals surface area (Å²) >= 11 is 1.41. The number of hydrogen-bond acceptors (Lipinski definition) is 6. The Morgan fingerprint density at radius 2 is 1.96 bits per heavy atom. The minimum atomic E-state index is -0.0998. The molecule has 3 heterocycles. The molecule has 1 aliphatic carbocycles. The van der Waals surface area contributed by atoms with Crippen molar-refractivity contribution in [1.82, 2.24) is 24.6 Å². The van der Waals surface area contributed by atoms with Crippen LogP contribution in [0.15, 0.2) is 22.4 Å². The molecule has 0 spiro atoms. The van der Waals surface area contributed by atoms with Gasteiger partial charge in [0.25, 0.3) is 5.56 Å². The van der Waals surface area contributed by atoms with Crippen LogP contribution in [-0.4, -0.2) is 63.3 Å². The minimum absolute atomic E-state index is 0.00267. The molecule has 27 heavy (non-hydrogen) atoms. The molecule has 1 aliphatic heterocycles. The topological polar surface area (TPSA) is 83.4 Å². The van der Waals surface area contributed by atoms with Gasteiger partial charge in [-0.1, -0.05) is 0 Å². The first-order valence-electron chi connectivity index (χ1n) is 9.47. The first-order valence-corrected chi connectivity index (χ1v) is 10.3. The zero-order chi connectivity index (χ0) is 18.6. The summed E-state index contributed by atoms with van der Waals surface area (Å²) in [4.78, 5) is 32.7. The van der Waals surface area contributed by atoms with Crippen molar-refractivity contribution in [3.8, 4) is 0 Å². The normalized spacial score (nSPS) is 17.6. The van der Waals surface area contributed by atoms with Gasteiger partial charge >= 0.3 is 6.03 Å². The molecule has 8 nitrogen and oxygen atoms in total. The second-order valence-corrected chi connectivity index (χ2v) is 7.88. The van der Waals surface area contributed by atoms with Crippen molar-refractivity contribution in [2.45, 2.75) is 32.2 Å². The fourth-order valence-electron chi connectivity index (χ4n) is 3.63. The lowest BCUT2D eigenvalue weighted by molar-refractivity contribution is 0.143. The van der Waals surface area contributed by atoms with E-state index in [9.17, 15) is 9.59 Å². The monoisotopic (exact) mass is 388 g/mol. The number of anilines is 1. The lowest BCUT2D eigenvalue weighted by Crippen LogP contribution is -2.50. The molecule has 4 rings (SSSR count). The maximum Gasteiger partial charge on any atom is 0.323 e. The molecule has 0 atom stereocenters. The Morgan fingerprint density at radius 3 is 2.74 bits per heavy atom. The fourth-order valence-corrected chi connectivity index (χ4v) is 4.15. The van der Waals surface area contributed by atoms with Crippen LogP contribution in [0.1, 0.15) is 24.1 Å². The van der Waals surface area contributed by atoms with Crippen molar-refractivity contribution in [2.24, 2.45) is 0 Å². The van der Waals surface area contributed by atoms with Gasteiger partial charge in [-0.3, -0.25) is 15.0 Å². The van der Waals surface area contributed by atoms with E-state index in [1.807, 2.05) is 5.38 Å². The lowest BCUT2D eigenvalue weighted by atomic mass is 9.97. The van der Waals surface area contributed by atoms with Crippen LogP contribution in [0.2, 0.25) is 0 Å². The van der Waals surface area contributed by atoms with Gasteiger partial charge in [0.15, 0.2) is 5.13 Å². The number of rotatable bonds is 4. The number of carbonyl (C=O) groups is 1. The third-order valence-corrected chi connectivity index (χ3v) is 5.90. The Morgan fingerprint density at radius 1 is 1.15 bits per heavy atom. The number of urea groups is 1. The molecule has 144 valence electrons. The first-order chi connectivity index (χ1) is 13.2. The van der Waals surface area contributed by atoms with Crippen LogP contribution in [-0.2, 0) is 19.4 Å². The third kappa shape index (κ3) is 4.36. The highest BCUT2D eigenvalue weighted by Crippen LogP contribution is 2.17. The average molecular weight is 388 g/mol. The third-order valence-electron chi connectivity index (χ3n) is 5.21. The molecule has 1 N–H and O–H groups in total. The number of thiazole rings is 1. The maximum absolute atomic E-state index is 12.3. The molecule has 0 radical (unpaired) electrons. The SMILES string of the molecule is O=C(Nc1nccs1)N1CCN(CCn2nc3c(cc2=O)CCCC3)CC1. The number of carbonyl (C=O) groups excluding carboxylic acids is 1. The Labute approximate surface area is 161 Å². The van der Waals surface area contributed by atoms with Crippen molar-refractivity contribution in [1.29, 1.82) is 0 Å². The van der Waals surface area contributed by atoms with Crippen molar-refractivity contribution < 1.29 is 4.79 Å². The molecule has 2 amide bonds. The molecule has 1 saturated heterocycles. The zero-order valence-corrected chi connectivity index (χ0v) is 16.1. The quantitative estimate of drug-likeness (QED) is 0.857. The highest BCUT2D eigenvalue weighted by Gasteiger charge is 2.22. The van der Waals surface area contributed by atoms with Gasteiger partial charge in [-0.15, -0.1) is 11.3 Å². The van der Waals surface area contributed by atoms with Gasteiger partial charge in [0.1, 0.15) is 0 Å². The second-order valence-electron chi connectivity index (χ2n) is 6.98. The molecule has 1 fully saturated rings. The van der Waals surface area contributed by atoms with Crippen LogP contribution in [0.3, 0.4) is 0 Å². The molecular formula is C18H24N6O2S. The molecule has 2 aromatic heterocycles. The Kier molecular flexibility index (Phi) is 5.49. The van der Waals surface area contributed by atoms with E-state index in [4.69, 9.17) is 0 Å². The van der Waals surface area contributed by atoms with Crippen molar-refractivity contribution in [3.63, 3.8) is 0 Å². The van der Waals surface area contributed by atoms with E-state index in [2.05, 4.69) is 20.3 Å². The Hall–Kier alpha value is -2.26. The summed E-state index contributed by atoms with van der Waals surface area (Å²) in [5, 5.41) is 9.86. The van der Waals surface area contributed by atoms with Crippen LogP contribution < -0.4 is 10.9 Å². The smallest absolute Gasteiger partial charge is 0.322 e.